The molecule has 2 unspecified atom stereocenters. The average molecular weight is 413 g/mol. The first kappa shape index (κ1) is 18.9. The molecule has 2 atom stereocenters. The van der Waals surface area contributed by atoms with Crippen LogP contribution in [0.5, 0.6) is 0 Å². The number of aryl methyl sites for hydroxylation is 2. The Morgan fingerprint density at radius 3 is 2.77 bits per heavy atom. The molecule has 158 valence electrons. The summed E-state index contributed by atoms with van der Waals surface area (Å²) < 4.78 is 0. The topological polar surface area (TPSA) is 49.3 Å². The lowest BCUT2D eigenvalue weighted by Gasteiger charge is -2.39. The minimum Gasteiger partial charge on any atom is -0.335 e. The molecule has 6 rings (SSSR count). The fourth-order valence-electron chi connectivity index (χ4n) is 5.80. The second kappa shape index (κ2) is 7.41. The Hall–Kier alpha value is -2.79. The van der Waals surface area contributed by atoms with E-state index in [4.69, 9.17) is 4.98 Å². The molecular weight excluding hydrogens is 384 g/mol. The van der Waals surface area contributed by atoms with Crippen LogP contribution in [0.2, 0.25) is 0 Å². The summed E-state index contributed by atoms with van der Waals surface area (Å²) in [6.45, 7) is 1.67. The van der Waals surface area contributed by atoms with Crippen molar-refractivity contribution in [2.75, 3.05) is 20.1 Å². The molecule has 31 heavy (non-hydrogen) atoms. The highest BCUT2D eigenvalue weighted by atomic mass is 16.2. The fraction of sp³-hybridized carbons (Fsp3) is 0.423. The number of pyridine rings is 2. The van der Waals surface area contributed by atoms with Crippen LogP contribution in [-0.2, 0) is 12.8 Å². The number of likely N-dealkylation sites (N-methyl/N-ethyl adjacent to an activating group) is 1. The minimum atomic E-state index is 0.138. The molecule has 2 saturated heterocycles. The van der Waals surface area contributed by atoms with Crippen LogP contribution in [0.3, 0.4) is 0 Å². The molecule has 4 heterocycles. The predicted molar refractivity (Wildman–Crippen MR) is 122 cm³/mol. The van der Waals surface area contributed by atoms with Gasteiger partial charge in [-0.1, -0.05) is 12.2 Å². The van der Waals surface area contributed by atoms with Crippen molar-refractivity contribution in [1.82, 2.24) is 19.8 Å². The van der Waals surface area contributed by atoms with Gasteiger partial charge in [-0.05, 0) is 80.0 Å². The van der Waals surface area contributed by atoms with Gasteiger partial charge in [-0.25, -0.2) is 0 Å². The summed E-state index contributed by atoms with van der Waals surface area (Å²) >= 11 is 0. The lowest BCUT2D eigenvalue weighted by molar-refractivity contribution is 0.0523. The van der Waals surface area contributed by atoms with Gasteiger partial charge in [0.05, 0.1) is 5.56 Å². The Morgan fingerprint density at radius 2 is 1.94 bits per heavy atom. The van der Waals surface area contributed by atoms with Crippen molar-refractivity contribution in [2.45, 2.75) is 50.6 Å². The summed E-state index contributed by atoms with van der Waals surface area (Å²) in [6, 6.07) is 5.22. The van der Waals surface area contributed by atoms with E-state index in [9.17, 15) is 4.79 Å². The van der Waals surface area contributed by atoms with Crippen LogP contribution in [0.15, 0.2) is 42.4 Å². The highest BCUT2D eigenvalue weighted by Crippen LogP contribution is 2.37. The maximum atomic E-state index is 13.4. The highest BCUT2D eigenvalue weighted by molar-refractivity contribution is 5.96. The lowest BCUT2D eigenvalue weighted by atomic mass is 9.83. The van der Waals surface area contributed by atoms with E-state index in [-0.39, 0.29) is 5.91 Å². The molecule has 5 nitrogen and oxygen atoms in total. The summed E-state index contributed by atoms with van der Waals surface area (Å²) in [5.74, 6) is 0.138. The molecule has 2 aliphatic carbocycles. The molecule has 0 aromatic carbocycles. The van der Waals surface area contributed by atoms with Crippen molar-refractivity contribution in [3.8, 4) is 0 Å². The molecule has 4 aliphatic rings. The van der Waals surface area contributed by atoms with E-state index in [1.807, 2.05) is 12.4 Å². The van der Waals surface area contributed by atoms with Crippen LogP contribution in [0, 0.1) is 0 Å². The third-order valence-electron chi connectivity index (χ3n) is 7.65. The zero-order chi connectivity index (χ0) is 20.9. The number of rotatable bonds is 2. The van der Waals surface area contributed by atoms with Gasteiger partial charge < -0.3 is 4.90 Å². The van der Waals surface area contributed by atoms with Gasteiger partial charge in [0.25, 0.3) is 5.91 Å². The monoisotopic (exact) mass is 412 g/mol. The van der Waals surface area contributed by atoms with Crippen LogP contribution >= 0.6 is 0 Å². The largest absolute Gasteiger partial charge is 0.335 e. The minimum absolute atomic E-state index is 0.138. The Morgan fingerprint density at radius 1 is 1.10 bits per heavy atom. The summed E-state index contributed by atoms with van der Waals surface area (Å²) in [7, 11) is 2.20. The molecule has 2 bridgehead atoms. The normalized spacial score (nSPS) is 24.9. The summed E-state index contributed by atoms with van der Waals surface area (Å²) in [5.41, 5.74) is 8.20. The molecule has 0 spiro atoms. The smallest absolute Gasteiger partial charge is 0.255 e. The summed E-state index contributed by atoms with van der Waals surface area (Å²) in [4.78, 5) is 26.9. The third kappa shape index (κ3) is 3.23. The molecule has 5 heteroatoms. The Bertz CT molecular complexity index is 1100. The van der Waals surface area contributed by atoms with Crippen LogP contribution in [0.4, 0.5) is 0 Å². The SMILES string of the molecule is CN1C2CCC1CN(C(=O)c1cnc3c(c1)C(C1=Cc4ccncc4CC1)=CCC3)C2. The molecule has 0 saturated carbocycles. The van der Waals surface area contributed by atoms with Gasteiger partial charge in [0.1, 0.15) is 0 Å². The van der Waals surface area contributed by atoms with Crippen LogP contribution in [0.25, 0.3) is 11.6 Å². The Balaban J connectivity index is 1.31. The van der Waals surface area contributed by atoms with Crippen LogP contribution < -0.4 is 0 Å². The van der Waals surface area contributed by atoms with Gasteiger partial charge in [0.2, 0.25) is 0 Å². The first-order valence-corrected chi connectivity index (χ1v) is 11.5. The number of allylic oxidation sites excluding steroid dienone is 3. The van der Waals surface area contributed by atoms with Gasteiger partial charge in [-0.15, -0.1) is 0 Å². The van der Waals surface area contributed by atoms with E-state index >= 15 is 0 Å². The number of likely N-dealkylation sites (tertiary alicyclic amines) is 1. The maximum absolute atomic E-state index is 13.4. The standard InChI is InChI=1S/C26H28N4O/c1-29-21-7-8-22(29)16-30(15-21)26(31)20-12-24-23(3-2-4-25(24)28-14-20)18-5-6-19-13-27-10-9-17(19)11-18/h3,9-14,21-22H,2,4-8,15-16H2,1H3. The number of piperazine rings is 1. The number of hydrogen-bond acceptors (Lipinski definition) is 4. The Labute approximate surface area is 183 Å². The molecule has 0 radical (unpaired) electrons. The van der Waals surface area contributed by atoms with Crippen molar-refractivity contribution < 1.29 is 4.79 Å². The molecule has 2 aromatic heterocycles. The van der Waals surface area contributed by atoms with Crippen LogP contribution in [-0.4, -0.2) is 57.9 Å². The first-order valence-electron chi connectivity index (χ1n) is 11.5. The molecule has 2 aliphatic heterocycles. The summed E-state index contributed by atoms with van der Waals surface area (Å²) in [6.07, 6.45) is 16.7. The van der Waals surface area contributed by atoms with Gasteiger partial charge in [-0.2, -0.15) is 0 Å². The van der Waals surface area contributed by atoms with Gasteiger partial charge in [0, 0.05) is 55.0 Å². The quantitative estimate of drug-likeness (QED) is 0.754. The second-order valence-electron chi connectivity index (χ2n) is 9.38. The van der Waals surface area contributed by atoms with E-state index in [0.29, 0.717) is 12.1 Å². The van der Waals surface area contributed by atoms with Crippen molar-refractivity contribution in [2.24, 2.45) is 0 Å². The van der Waals surface area contributed by atoms with E-state index < -0.39 is 0 Å². The van der Waals surface area contributed by atoms with Crippen molar-refractivity contribution in [3.63, 3.8) is 0 Å². The second-order valence-corrected chi connectivity index (χ2v) is 9.38. The van der Waals surface area contributed by atoms with Crippen molar-refractivity contribution in [3.05, 3.63) is 70.3 Å². The lowest BCUT2D eigenvalue weighted by Crippen LogP contribution is -2.53. The molecule has 2 aromatic rings. The number of carbonyl (C=O) groups excluding carboxylic acids is 1. The number of nitrogens with zero attached hydrogens (tertiary/aromatic N) is 4. The van der Waals surface area contributed by atoms with Gasteiger partial charge in [-0.3, -0.25) is 19.7 Å². The number of fused-ring (bicyclic) bond motifs is 4. The van der Waals surface area contributed by atoms with Gasteiger partial charge >= 0.3 is 0 Å². The predicted octanol–water partition coefficient (Wildman–Crippen LogP) is 3.75. The molecule has 2 fully saturated rings. The molecule has 0 N–H and O–H groups in total. The van der Waals surface area contributed by atoms with E-state index in [1.165, 1.54) is 35.1 Å². The van der Waals surface area contributed by atoms with Crippen LogP contribution in [0.1, 0.15) is 58.4 Å². The number of hydrogen-bond donors (Lipinski definition) is 0. The van der Waals surface area contributed by atoms with Crippen molar-refractivity contribution in [1.29, 1.82) is 0 Å². The Kier molecular flexibility index (Phi) is 4.53. The van der Waals surface area contributed by atoms with E-state index in [0.717, 1.165) is 55.6 Å². The van der Waals surface area contributed by atoms with E-state index in [2.05, 4.69) is 46.1 Å². The van der Waals surface area contributed by atoms with Gasteiger partial charge in [0.15, 0.2) is 0 Å². The number of carbonyl (C=O) groups is 1. The maximum Gasteiger partial charge on any atom is 0.255 e. The molecular formula is C26H28N4O. The van der Waals surface area contributed by atoms with Crippen molar-refractivity contribution >= 4 is 17.6 Å². The first-order chi connectivity index (χ1) is 15.2. The zero-order valence-corrected chi connectivity index (χ0v) is 18.1. The fourth-order valence-corrected chi connectivity index (χ4v) is 5.80. The molecule has 1 amide bonds. The average Bonchev–Trinajstić information content (AvgIpc) is 3.01. The number of amides is 1. The van der Waals surface area contributed by atoms with E-state index in [1.54, 1.807) is 6.20 Å². The third-order valence-corrected chi connectivity index (χ3v) is 7.65. The zero-order valence-electron chi connectivity index (χ0n) is 18.1. The summed E-state index contributed by atoms with van der Waals surface area (Å²) in [5, 5.41) is 0. The highest BCUT2D eigenvalue weighted by Gasteiger charge is 2.39. The number of aromatic nitrogens is 2.